The third-order valence-electron chi connectivity index (χ3n) is 7.73. The molecule has 0 amide bonds. The highest BCUT2D eigenvalue weighted by Gasteiger charge is 2.42. The largest absolute Gasteiger partial charge is 0.481 e. The highest BCUT2D eigenvalue weighted by atomic mass is 35.5. The van der Waals surface area contributed by atoms with E-state index in [1.165, 1.54) is 6.07 Å². The molecule has 0 unspecified atom stereocenters. The summed E-state index contributed by atoms with van der Waals surface area (Å²) in [6, 6.07) is 20.3. The van der Waals surface area contributed by atoms with Crippen LogP contribution in [0.25, 0.3) is 22.8 Å². The van der Waals surface area contributed by atoms with Gasteiger partial charge in [-0.15, -0.1) is 0 Å². The number of nitrogens with zero attached hydrogens (tertiary/aromatic N) is 3. The molecule has 4 aromatic rings. The number of hydrogen-bond donors (Lipinski definition) is 2. The number of likely N-dealkylation sites (tertiary alicyclic amines) is 1. The van der Waals surface area contributed by atoms with Crippen LogP contribution in [0.2, 0.25) is 5.02 Å². The third-order valence-corrected chi connectivity index (χ3v) is 8.08. The fourth-order valence-electron chi connectivity index (χ4n) is 5.37. The zero-order valence-corrected chi connectivity index (χ0v) is 27.6. The average Bonchev–Trinajstić information content (AvgIpc) is 3.46. The van der Waals surface area contributed by atoms with Crippen molar-refractivity contribution in [3.05, 3.63) is 94.3 Å². The van der Waals surface area contributed by atoms with Crippen molar-refractivity contribution in [2.75, 3.05) is 13.1 Å². The normalized spacial score (nSPS) is 15.0. The van der Waals surface area contributed by atoms with Crippen LogP contribution in [0, 0.1) is 17.2 Å². The fourth-order valence-corrected chi connectivity index (χ4v) is 5.63. The van der Waals surface area contributed by atoms with Crippen molar-refractivity contribution in [2.24, 2.45) is 17.1 Å². The Hall–Kier alpha value is -3.59. The van der Waals surface area contributed by atoms with E-state index < -0.39 is 11.4 Å². The Kier molecular flexibility index (Phi) is 11.2. The molecule has 1 saturated heterocycles. The van der Waals surface area contributed by atoms with Crippen molar-refractivity contribution < 1.29 is 18.8 Å². The van der Waals surface area contributed by atoms with Crippen LogP contribution in [0.1, 0.15) is 64.2 Å². The number of carboxylic acids is 1. The second-order valence-electron chi connectivity index (χ2n) is 13.5. The van der Waals surface area contributed by atoms with E-state index in [1.807, 2.05) is 63.2 Å². The number of benzene rings is 3. The van der Waals surface area contributed by atoms with Gasteiger partial charge in [0.05, 0.1) is 5.41 Å². The molecule has 1 aromatic heterocycles. The predicted octanol–water partition coefficient (Wildman–Crippen LogP) is 8.05. The van der Waals surface area contributed by atoms with Crippen LogP contribution in [-0.4, -0.2) is 44.7 Å². The summed E-state index contributed by atoms with van der Waals surface area (Å²) >= 11 is 6.48. The average molecular weight is 635 g/mol. The maximum atomic E-state index is 14.2. The summed E-state index contributed by atoms with van der Waals surface area (Å²) in [7, 11) is 0. The molecule has 45 heavy (non-hydrogen) atoms. The predicted molar refractivity (Wildman–Crippen MR) is 177 cm³/mol. The van der Waals surface area contributed by atoms with Gasteiger partial charge in [-0.05, 0) is 100 Å². The van der Waals surface area contributed by atoms with Crippen LogP contribution in [0.4, 0.5) is 4.39 Å². The molecule has 1 aliphatic heterocycles. The van der Waals surface area contributed by atoms with Gasteiger partial charge in [0, 0.05) is 28.2 Å². The van der Waals surface area contributed by atoms with E-state index in [0.717, 1.165) is 28.7 Å². The monoisotopic (exact) mass is 634 g/mol. The number of aliphatic carboxylic acids is 1. The molecule has 1 aliphatic rings. The Bertz CT molecular complexity index is 1570. The summed E-state index contributed by atoms with van der Waals surface area (Å²) in [6.45, 7) is 12.2. The third kappa shape index (κ3) is 9.70. The first-order valence-electron chi connectivity index (χ1n) is 15.4. The minimum absolute atomic E-state index is 0. The van der Waals surface area contributed by atoms with Gasteiger partial charge in [0.15, 0.2) is 0 Å². The van der Waals surface area contributed by atoms with Crippen LogP contribution >= 0.6 is 11.6 Å². The first-order valence-corrected chi connectivity index (χ1v) is 15.8. The van der Waals surface area contributed by atoms with Crippen LogP contribution in [0.3, 0.4) is 0 Å². The molecule has 3 aromatic carbocycles. The first-order chi connectivity index (χ1) is 21.2. The van der Waals surface area contributed by atoms with Crippen molar-refractivity contribution in [1.82, 2.24) is 15.0 Å². The van der Waals surface area contributed by atoms with Gasteiger partial charge < -0.3 is 15.4 Å². The Morgan fingerprint density at radius 2 is 1.67 bits per heavy atom. The van der Waals surface area contributed by atoms with Crippen molar-refractivity contribution >= 4 is 17.6 Å². The zero-order valence-electron chi connectivity index (χ0n) is 26.8. The van der Waals surface area contributed by atoms with E-state index in [9.17, 15) is 14.3 Å². The summed E-state index contributed by atoms with van der Waals surface area (Å²) in [5, 5.41) is 14.9. The number of hydrogen-bond acceptors (Lipinski definition) is 6. The maximum absolute atomic E-state index is 14.2. The van der Waals surface area contributed by atoms with E-state index in [-0.39, 0.29) is 17.8 Å². The second kappa shape index (κ2) is 14.7. The van der Waals surface area contributed by atoms with E-state index in [4.69, 9.17) is 21.9 Å². The highest BCUT2D eigenvalue weighted by Crippen LogP contribution is 2.37. The van der Waals surface area contributed by atoms with E-state index >= 15 is 0 Å². The molecule has 0 spiro atoms. The topological polar surface area (TPSA) is 105 Å². The lowest BCUT2D eigenvalue weighted by Gasteiger charge is -2.39. The minimum atomic E-state index is -0.947. The molecule has 0 bridgehead atoms. The SMILES string of the molecule is CC(C)(C)N.CC(C)Cc1ccc(-c2nc(-c3ccc(CN4CCC(Cc5ccccc5F)(C(=O)O)CC4)cc3)no2)cc1Cl. The van der Waals surface area contributed by atoms with Crippen molar-refractivity contribution in [2.45, 2.75) is 72.4 Å². The molecule has 0 radical (unpaired) electrons. The lowest BCUT2D eigenvalue weighted by molar-refractivity contribution is -0.152. The van der Waals surface area contributed by atoms with E-state index in [0.29, 0.717) is 60.7 Å². The molecule has 240 valence electrons. The van der Waals surface area contributed by atoms with Crippen LogP contribution in [0.5, 0.6) is 0 Å². The zero-order chi connectivity index (χ0) is 32.8. The molecule has 7 nitrogen and oxygen atoms in total. The molecule has 2 heterocycles. The summed E-state index contributed by atoms with van der Waals surface area (Å²) in [5.74, 6) is 0.236. The molecule has 3 N–H and O–H groups in total. The number of piperidine rings is 1. The standard InChI is InChI=1S/C32H33ClFN3O3.C4H11N/c1-21(2)17-24-11-12-25(18-27(24)33)30-35-29(36-40-30)23-9-7-22(8-10-23)20-37-15-13-32(14-16-37,31(38)39)19-26-5-3-4-6-28(26)34;1-4(2,3)5/h3-12,18,21H,13-17,19-20H2,1-2H3,(H,38,39);5H2,1-3H3. The number of halogens is 2. The van der Waals surface area contributed by atoms with Gasteiger partial charge in [0.25, 0.3) is 5.89 Å². The molecular weight excluding hydrogens is 591 g/mol. The van der Waals surface area contributed by atoms with Gasteiger partial charge in [0.2, 0.25) is 5.82 Å². The molecule has 1 fully saturated rings. The second-order valence-corrected chi connectivity index (χ2v) is 13.9. The first kappa shape index (κ1) is 34.3. The van der Waals surface area contributed by atoms with Gasteiger partial charge in [-0.25, -0.2) is 4.39 Å². The summed E-state index contributed by atoms with van der Waals surface area (Å²) in [5.41, 5.74) is 8.70. The number of carbonyl (C=O) groups is 1. The number of nitrogens with two attached hydrogens (primary N) is 1. The maximum Gasteiger partial charge on any atom is 0.310 e. The number of rotatable bonds is 9. The smallest absolute Gasteiger partial charge is 0.310 e. The minimum Gasteiger partial charge on any atom is -0.481 e. The van der Waals surface area contributed by atoms with Gasteiger partial charge in [-0.3, -0.25) is 9.69 Å². The van der Waals surface area contributed by atoms with E-state index in [2.05, 4.69) is 28.9 Å². The molecule has 0 aliphatic carbocycles. The van der Waals surface area contributed by atoms with Crippen molar-refractivity contribution in [3.8, 4) is 22.8 Å². The summed E-state index contributed by atoms with van der Waals surface area (Å²) in [6.07, 6.45) is 2.07. The Morgan fingerprint density at radius 1 is 1.04 bits per heavy atom. The molecule has 5 rings (SSSR count). The van der Waals surface area contributed by atoms with E-state index in [1.54, 1.807) is 18.2 Å². The number of aromatic nitrogens is 2. The van der Waals surface area contributed by atoms with Gasteiger partial charge in [0.1, 0.15) is 5.82 Å². The molecule has 0 atom stereocenters. The lowest BCUT2D eigenvalue weighted by Crippen LogP contribution is -2.45. The van der Waals surface area contributed by atoms with Crippen LogP contribution < -0.4 is 5.73 Å². The highest BCUT2D eigenvalue weighted by molar-refractivity contribution is 6.31. The number of carboxylic acid groups (broad SMARTS) is 1. The quantitative estimate of drug-likeness (QED) is 0.192. The molecule has 0 saturated carbocycles. The fraction of sp³-hybridized carbons (Fsp3) is 0.417. The van der Waals surface area contributed by atoms with Gasteiger partial charge >= 0.3 is 5.97 Å². The molecule has 9 heteroatoms. The molecular formula is C36H44ClFN4O3. The Balaban J connectivity index is 0.000000854. The van der Waals surface area contributed by atoms with Crippen LogP contribution in [-0.2, 0) is 24.2 Å². The van der Waals surface area contributed by atoms with Crippen LogP contribution in [0.15, 0.2) is 71.3 Å². The van der Waals surface area contributed by atoms with Crippen molar-refractivity contribution in [3.63, 3.8) is 0 Å². The Labute approximate surface area is 270 Å². The van der Waals surface area contributed by atoms with Crippen molar-refractivity contribution in [1.29, 1.82) is 0 Å². The lowest BCUT2D eigenvalue weighted by atomic mass is 9.73. The van der Waals surface area contributed by atoms with Gasteiger partial charge in [-0.2, -0.15) is 4.98 Å². The summed E-state index contributed by atoms with van der Waals surface area (Å²) in [4.78, 5) is 19.0. The summed E-state index contributed by atoms with van der Waals surface area (Å²) < 4.78 is 19.8. The Morgan fingerprint density at radius 3 is 2.24 bits per heavy atom. The van der Waals surface area contributed by atoms with Gasteiger partial charge in [-0.1, -0.05) is 79.1 Å².